The summed E-state index contributed by atoms with van der Waals surface area (Å²) < 4.78 is 25.2. The fourth-order valence-corrected chi connectivity index (χ4v) is 6.35. The molecule has 1 aromatic carbocycles. The maximum Gasteiger partial charge on any atom is 0.223 e. The molecule has 2 aliphatic heterocycles. The average Bonchev–Trinajstić information content (AvgIpc) is 3.00. The van der Waals surface area contributed by atoms with E-state index in [1.807, 2.05) is 12.1 Å². The zero-order chi connectivity index (χ0) is 18.9. The van der Waals surface area contributed by atoms with Crippen molar-refractivity contribution in [2.75, 3.05) is 25.4 Å². The molecular formula is C20H30N2O3S. The Kier molecular flexibility index (Phi) is 5.72. The number of rotatable bonds is 5. The van der Waals surface area contributed by atoms with Gasteiger partial charge in [-0.25, -0.2) is 8.42 Å². The summed E-state index contributed by atoms with van der Waals surface area (Å²) in [6.07, 6.45) is 0.450. The summed E-state index contributed by atoms with van der Waals surface area (Å²) >= 11 is 0. The molecule has 0 unspecified atom stereocenters. The van der Waals surface area contributed by atoms with Crippen LogP contribution in [0.5, 0.6) is 0 Å². The number of benzene rings is 1. The van der Waals surface area contributed by atoms with Crippen LogP contribution in [0.2, 0.25) is 0 Å². The second-order valence-electron chi connectivity index (χ2n) is 8.22. The minimum Gasteiger partial charge on any atom is -0.356 e. The van der Waals surface area contributed by atoms with Crippen LogP contribution in [-0.4, -0.2) is 49.9 Å². The molecule has 2 saturated heterocycles. The van der Waals surface area contributed by atoms with Gasteiger partial charge < -0.3 is 5.32 Å². The summed E-state index contributed by atoms with van der Waals surface area (Å²) in [5, 5.41) is 2.61. The van der Waals surface area contributed by atoms with E-state index in [1.54, 1.807) is 0 Å². The Morgan fingerprint density at radius 3 is 2.69 bits per heavy atom. The first-order chi connectivity index (χ1) is 12.3. The van der Waals surface area contributed by atoms with Crippen LogP contribution < -0.4 is 5.32 Å². The molecule has 5 nitrogen and oxygen atoms in total. The molecule has 2 heterocycles. The summed E-state index contributed by atoms with van der Waals surface area (Å²) in [4.78, 5) is 14.9. The maximum absolute atomic E-state index is 12.7. The summed E-state index contributed by atoms with van der Waals surface area (Å²) in [6, 6.07) is 8.21. The van der Waals surface area contributed by atoms with Crippen molar-refractivity contribution in [1.29, 1.82) is 0 Å². The summed E-state index contributed by atoms with van der Waals surface area (Å²) in [5.41, 5.74) is 2.45. The van der Waals surface area contributed by atoms with Crippen molar-refractivity contribution in [2.24, 2.45) is 17.8 Å². The number of likely N-dealkylation sites (tertiary alicyclic amines) is 1. The Bertz CT molecular complexity index is 760. The van der Waals surface area contributed by atoms with Gasteiger partial charge in [-0.15, -0.1) is 0 Å². The number of fused-ring (bicyclic) bond motifs is 1. The van der Waals surface area contributed by atoms with E-state index in [-0.39, 0.29) is 23.5 Å². The lowest BCUT2D eigenvalue weighted by atomic mass is 9.87. The van der Waals surface area contributed by atoms with Crippen molar-refractivity contribution < 1.29 is 13.2 Å². The van der Waals surface area contributed by atoms with Crippen molar-refractivity contribution in [3.05, 3.63) is 35.4 Å². The molecule has 0 aliphatic carbocycles. The van der Waals surface area contributed by atoms with Crippen LogP contribution in [0.4, 0.5) is 0 Å². The third-order valence-corrected chi connectivity index (χ3v) is 7.98. The summed E-state index contributed by atoms with van der Waals surface area (Å²) in [6.45, 7) is 8.81. The van der Waals surface area contributed by atoms with Gasteiger partial charge in [0.15, 0.2) is 9.84 Å². The predicted octanol–water partition coefficient (Wildman–Crippen LogP) is 2.00. The smallest absolute Gasteiger partial charge is 0.223 e. The van der Waals surface area contributed by atoms with Crippen molar-refractivity contribution in [3.63, 3.8) is 0 Å². The molecule has 0 aromatic heterocycles. The minimum atomic E-state index is -3.11. The normalized spacial score (nSPS) is 28.1. The first-order valence-electron chi connectivity index (χ1n) is 9.54. The van der Waals surface area contributed by atoms with E-state index >= 15 is 0 Å². The maximum atomic E-state index is 12.7. The van der Waals surface area contributed by atoms with Gasteiger partial charge in [0, 0.05) is 38.0 Å². The number of aryl methyl sites for hydroxylation is 1. The van der Waals surface area contributed by atoms with Gasteiger partial charge >= 0.3 is 0 Å². The molecule has 3 rings (SSSR count). The van der Waals surface area contributed by atoms with E-state index < -0.39 is 15.1 Å². The summed E-state index contributed by atoms with van der Waals surface area (Å²) in [5.74, 6) is 0.269. The zero-order valence-corrected chi connectivity index (χ0v) is 16.8. The van der Waals surface area contributed by atoms with Crippen LogP contribution in [-0.2, 0) is 21.2 Å². The molecule has 1 aromatic rings. The topological polar surface area (TPSA) is 66.5 Å². The number of hydrogen-bond acceptors (Lipinski definition) is 4. The van der Waals surface area contributed by atoms with Crippen molar-refractivity contribution in [2.45, 2.75) is 39.0 Å². The number of amides is 1. The van der Waals surface area contributed by atoms with Crippen LogP contribution in [0.1, 0.15) is 31.4 Å². The fourth-order valence-electron chi connectivity index (χ4n) is 4.22. The highest BCUT2D eigenvalue weighted by Crippen LogP contribution is 2.37. The van der Waals surface area contributed by atoms with E-state index in [0.717, 1.165) is 6.54 Å². The monoisotopic (exact) mass is 378 g/mol. The second-order valence-corrected chi connectivity index (χ2v) is 10.6. The highest BCUT2D eigenvalue weighted by Gasteiger charge is 2.50. The van der Waals surface area contributed by atoms with Crippen molar-refractivity contribution >= 4 is 15.7 Å². The molecule has 144 valence electrons. The SMILES string of the molecule is Cc1ccccc1CN1C[C@@H]2[C@@H](C(=O)NCC(C)C)CCS(=O)(=O)[C@@H]2C1. The number of nitrogens with one attached hydrogen (secondary N) is 1. The molecule has 6 heteroatoms. The van der Waals surface area contributed by atoms with E-state index in [9.17, 15) is 13.2 Å². The molecule has 0 spiro atoms. The van der Waals surface area contributed by atoms with E-state index in [0.29, 0.717) is 32.0 Å². The Morgan fingerprint density at radius 2 is 2.00 bits per heavy atom. The molecule has 0 radical (unpaired) electrons. The van der Waals surface area contributed by atoms with Crippen LogP contribution in [0.25, 0.3) is 0 Å². The van der Waals surface area contributed by atoms with Crippen LogP contribution in [0.3, 0.4) is 0 Å². The third-order valence-electron chi connectivity index (χ3n) is 5.75. The quantitative estimate of drug-likeness (QED) is 0.851. The molecule has 1 amide bonds. The van der Waals surface area contributed by atoms with E-state index in [1.165, 1.54) is 11.1 Å². The first kappa shape index (κ1) is 19.4. The highest BCUT2D eigenvalue weighted by atomic mass is 32.2. The Morgan fingerprint density at radius 1 is 1.27 bits per heavy atom. The van der Waals surface area contributed by atoms with Gasteiger partial charge in [0.2, 0.25) is 5.91 Å². The Balaban J connectivity index is 1.74. The number of carbonyl (C=O) groups excluding carboxylic acids is 1. The molecule has 0 bridgehead atoms. The third kappa shape index (κ3) is 4.12. The molecule has 1 N–H and O–H groups in total. The number of carbonyl (C=O) groups is 1. The van der Waals surface area contributed by atoms with Gasteiger partial charge in [0.25, 0.3) is 0 Å². The van der Waals surface area contributed by atoms with Gasteiger partial charge in [0.05, 0.1) is 11.0 Å². The Hall–Kier alpha value is -1.40. The van der Waals surface area contributed by atoms with E-state index in [4.69, 9.17) is 0 Å². The van der Waals surface area contributed by atoms with Crippen molar-refractivity contribution in [1.82, 2.24) is 10.2 Å². The zero-order valence-electron chi connectivity index (χ0n) is 15.9. The molecular weight excluding hydrogens is 348 g/mol. The second kappa shape index (κ2) is 7.69. The van der Waals surface area contributed by atoms with Crippen LogP contribution >= 0.6 is 0 Å². The first-order valence-corrected chi connectivity index (χ1v) is 11.3. The Labute approximate surface area is 157 Å². The number of hydrogen-bond donors (Lipinski definition) is 1. The van der Waals surface area contributed by atoms with Crippen LogP contribution in [0.15, 0.2) is 24.3 Å². The molecule has 26 heavy (non-hydrogen) atoms. The largest absolute Gasteiger partial charge is 0.356 e. The lowest BCUT2D eigenvalue weighted by Crippen LogP contribution is -2.47. The predicted molar refractivity (Wildman–Crippen MR) is 103 cm³/mol. The fraction of sp³-hybridized carbons (Fsp3) is 0.650. The number of sulfone groups is 1. The van der Waals surface area contributed by atoms with Crippen molar-refractivity contribution in [3.8, 4) is 0 Å². The lowest BCUT2D eigenvalue weighted by Gasteiger charge is -2.32. The van der Waals surface area contributed by atoms with Gasteiger partial charge in [0.1, 0.15) is 0 Å². The molecule has 0 saturated carbocycles. The summed E-state index contributed by atoms with van der Waals surface area (Å²) in [7, 11) is -3.11. The molecule has 2 aliphatic rings. The molecule has 2 fully saturated rings. The highest BCUT2D eigenvalue weighted by molar-refractivity contribution is 7.92. The standard InChI is InChI=1S/C20H30N2O3S/c1-14(2)10-21-20(23)17-8-9-26(24,25)19-13-22(12-18(17)19)11-16-7-5-4-6-15(16)3/h4-7,14,17-19H,8-13H2,1-3H3,(H,21,23)/t17-,18+,19+/m0/s1. The average molecular weight is 379 g/mol. The molecule has 3 atom stereocenters. The van der Waals surface area contributed by atoms with Gasteiger partial charge in [-0.1, -0.05) is 38.1 Å². The van der Waals surface area contributed by atoms with Gasteiger partial charge in [-0.2, -0.15) is 0 Å². The van der Waals surface area contributed by atoms with Gasteiger partial charge in [-0.3, -0.25) is 9.69 Å². The minimum absolute atomic E-state index is 0.0290. The van der Waals surface area contributed by atoms with Gasteiger partial charge in [-0.05, 0) is 30.4 Å². The van der Waals surface area contributed by atoms with E-state index in [2.05, 4.69) is 43.1 Å². The van der Waals surface area contributed by atoms with Crippen LogP contribution in [0, 0.1) is 24.7 Å². The lowest BCUT2D eigenvalue weighted by molar-refractivity contribution is -0.126. The number of nitrogens with zero attached hydrogens (tertiary/aromatic N) is 1.